The fraction of sp³-hybridized carbons (Fsp3) is 0.385. The third-order valence-electron chi connectivity index (χ3n) is 2.72. The molecule has 1 aromatic carbocycles. The third-order valence-corrected chi connectivity index (χ3v) is 2.95. The van der Waals surface area contributed by atoms with Crippen molar-refractivity contribution in [3.63, 3.8) is 0 Å². The summed E-state index contributed by atoms with van der Waals surface area (Å²) in [4.78, 5) is 22.4. The van der Waals surface area contributed by atoms with Gasteiger partial charge in [0.2, 0.25) is 0 Å². The summed E-state index contributed by atoms with van der Waals surface area (Å²) in [5, 5.41) is 23.6. The van der Waals surface area contributed by atoms with Crippen molar-refractivity contribution in [3.8, 4) is 0 Å². The molecule has 0 bridgehead atoms. The molecule has 0 saturated carbocycles. The highest BCUT2D eigenvalue weighted by Gasteiger charge is 2.27. The van der Waals surface area contributed by atoms with Gasteiger partial charge >= 0.3 is 12.0 Å². The van der Waals surface area contributed by atoms with E-state index >= 15 is 0 Å². The number of carboxylic acids is 1. The number of nitrogens with one attached hydrogen (secondary N) is 2. The number of hydrogen-bond donors (Lipinski definition) is 4. The highest BCUT2D eigenvalue weighted by molar-refractivity contribution is 6.30. The van der Waals surface area contributed by atoms with Crippen molar-refractivity contribution in [2.24, 2.45) is 5.41 Å². The van der Waals surface area contributed by atoms with Crippen LogP contribution in [0.1, 0.15) is 13.3 Å². The highest BCUT2D eigenvalue weighted by atomic mass is 35.5. The molecule has 0 radical (unpaired) electrons. The number of aliphatic hydroxyl groups excluding tert-OH is 1. The Hall–Kier alpha value is -1.79. The summed E-state index contributed by atoms with van der Waals surface area (Å²) in [6.07, 6.45) is -0.235. The second kappa shape index (κ2) is 7.12. The fourth-order valence-electron chi connectivity index (χ4n) is 1.57. The van der Waals surface area contributed by atoms with Gasteiger partial charge in [-0.2, -0.15) is 0 Å². The summed E-state index contributed by atoms with van der Waals surface area (Å²) in [5.74, 6) is -1.03. The number of halogens is 1. The van der Waals surface area contributed by atoms with E-state index < -0.39 is 17.4 Å². The summed E-state index contributed by atoms with van der Waals surface area (Å²) < 4.78 is 0. The van der Waals surface area contributed by atoms with Gasteiger partial charge in [0.15, 0.2) is 0 Å². The molecule has 1 atom stereocenters. The standard InChI is InChI=1S/C13H17ClN2O4/c1-13(8-17,6-11(18)19)7-15-12(20)16-10-4-2-3-9(14)5-10/h2-5,17H,6-8H2,1H3,(H,18,19)(H2,15,16,20). The second-order valence-corrected chi connectivity index (χ2v) is 5.29. The maximum absolute atomic E-state index is 11.7. The lowest BCUT2D eigenvalue weighted by Gasteiger charge is -2.25. The second-order valence-electron chi connectivity index (χ2n) is 4.86. The largest absolute Gasteiger partial charge is 0.481 e. The molecular weight excluding hydrogens is 284 g/mol. The number of anilines is 1. The van der Waals surface area contributed by atoms with Crippen LogP contribution in [0, 0.1) is 5.41 Å². The predicted molar refractivity (Wildman–Crippen MR) is 75.9 cm³/mol. The molecule has 1 unspecified atom stereocenters. The molecule has 0 spiro atoms. The van der Waals surface area contributed by atoms with E-state index in [1.165, 1.54) is 0 Å². The minimum atomic E-state index is -1.03. The fourth-order valence-corrected chi connectivity index (χ4v) is 1.76. The van der Waals surface area contributed by atoms with Crippen LogP contribution in [-0.4, -0.2) is 35.4 Å². The number of urea groups is 1. The van der Waals surface area contributed by atoms with Crippen molar-refractivity contribution >= 4 is 29.3 Å². The van der Waals surface area contributed by atoms with Crippen molar-refractivity contribution in [3.05, 3.63) is 29.3 Å². The van der Waals surface area contributed by atoms with Crippen LogP contribution in [0.5, 0.6) is 0 Å². The van der Waals surface area contributed by atoms with E-state index in [0.29, 0.717) is 10.7 Å². The zero-order valence-corrected chi connectivity index (χ0v) is 11.8. The Morgan fingerprint density at radius 3 is 2.65 bits per heavy atom. The SMILES string of the molecule is CC(CO)(CNC(=O)Nc1cccc(Cl)c1)CC(=O)O. The van der Waals surface area contributed by atoms with Gasteiger partial charge in [0, 0.05) is 22.7 Å². The smallest absolute Gasteiger partial charge is 0.319 e. The number of benzene rings is 1. The maximum atomic E-state index is 11.7. The zero-order chi connectivity index (χ0) is 15.2. The minimum absolute atomic E-state index is 0.0438. The lowest BCUT2D eigenvalue weighted by molar-refractivity contribution is -0.140. The van der Waals surface area contributed by atoms with E-state index in [1.807, 2.05) is 0 Å². The van der Waals surface area contributed by atoms with Crippen LogP contribution in [-0.2, 0) is 4.79 Å². The number of amides is 2. The van der Waals surface area contributed by atoms with Crippen LogP contribution in [0.2, 0.25) is 5.02 Å². The summed E-state index contributed by atoms with van der Waals surface area (Å²) >= 11 is 5.79. The van der Waals surface area contributed by atoms with Crippen molar-refractivity contribution in [2.75, 3.05) is 18.5 Å². The first kappa shape index (κ1) is 16.3. The Balaban J connectivity index is 2.52. The number of carboxylic acid groups (broad SMARTS) is 1. The van der Waals surface area contributed by atoms with E-state index in [1.54, 1.807) is 31.2 Å². The first-order valence-corrected chi connectivity index (χ1v) is 6.35. The van der Waals surface area contributed by atoms with Crippen LogP contribution in [0.25, 0.3) is 0 Å². The van der Waals surface area contributed by atoms with Gasteiger partial charge in [0.25, 0.3) is 0 Å². The number of carbonyl (C=O) groups excluding carboxylic acids is 1. The Bertz CT molecular complexity index is 495. The summed E-state index contributed by atoms with van der Waals surface area (Å²) in [6.45, 7) is 1.29. The van der Waals surface area contributed by atoms with Gasteiger partial charge in [-0.15, -0.1) is 0 Å². The van der Waals surface area contributed by atoms with Crippen LogP contribution < -0.4 is 10.6 Å². The molecule has 0 aliphatic carbocycles. The van der Waals surface area contributed by atoms with Crippen LogP contribution in [0.3, 0.4) is 0 Å². The van der Waals surface area contributed by atoms with Crippen molar-refractivity contribution in [1.29, 1.82) is 0 Å². The van der Waals surface area contributed by atoms with Crippen molar-refractivity contribution < 1.29 is 19.8 Å². The average molecular weight is 301 g/mol. The molecule has 0 aliphatic rings. The molecule has 1 rings (SSSR count). The normalized spacial score (nSPS) is 13.3. The Morgan fingerprint density at radius 1 is 1.40 bits per heavy atom. The van der Waals surface area contributed by atoms with Gasteiger partial charge in [0.1, 0.15) is 0 Å². The maximum Gasteiger partial charge on any atom is 0.319 e. The Labute approximate surface area is 121 Å². The van der Waals surface area contributed by atoms with E-state index in [2.05, 4.69) is 10.6 Å². The van der Waals surface area contributed by atoms with E-state index in [-0.39, 0.29) is 19.6 Å². The van der Waals surface area contributed by atoms with Gasteiger partial charge in [0.05, 0.1) is 13.0 Å². The molecule has 0 saturated heterocycles. The molecule has 2 amide bonds. The van der Waals surface area contributed by atoms with Crippen molar-refractivity contribution in [1.82, 2.24) is 5.32 Å². The molecule has 4 N–H and O–H groups in total. The number of carbonyl (C=O) groups is 2. The molecular formula is C13H17ClN2O4. The van der Waals surface area contributed by atoms with Gasteiger partial charge in [-0.3, -0.25) is 4.79 Å². The lowest BCUT2D eigenvalue weighted by atomic mass is 9.88. The number of hydrogen-bond acceptors (Lipinski definition) is 3. The number of aliphatic carboxylic acids is 1. The lowest BCUT2D eigenvalue weighted by Crippen LogP contribution is -2.41. The molecule has 1 aromatic rings. The first-order valence-electron chi connectivity index (χ1n) is 5.98. The molecule has 0 fully saturated rings. The van der Waals surface area contributed by atoms with E-state index in [4.69, 9.17) is 16.7 Å². The number of rotatable bonds is 6. The summed E-state index contributed by atoms with van der Waals surface area (Å²) in [5.41, 5.74) is -0.378. The quantitative estimate of drug-likeness (QED) is 0.645. The molecule has 7 heteroatoms. The predicted octanol–water partition coefficient (Wildman–Crippen LogP) is 1.93. The average Bonchev–Trinajstić information content (AvgIpc) is 2.36. The van der Waals surface area contributed by atoms with Gasteiger partial charge in [-0.25, -0.2) is 4.79 Å². The summed E-state index contributed by atoms with van der Waals surface area (Å²) in [7, 11) is 0. The van der Waals surface area contributed by atoms with Crippen LogP contribution in [0.4, 0.5) is 10.5 Å². The Kier molecular flexibility index (Phi) is 5.79. The van der Waals surface area contributed by atoms with E-state index in [9.17, 15) is 14.7 Å². The highest BCUT2D eigenvalue weighted by Crippen LogP contribution is 2.19. The monoisotopic (exact) mass is 300 g/mol. The van der Waals surface area contributed by atoms with Gasteiger partial charge < -0.3 is 20.8 Å². The summed E-state index contributed by atoms with van der Waals surface area (Å²) in [6, 6.07) is 6.15. The molecule has 6 nitrogen and oxygen atoms in total. The Morgan fingerprint density at radius 2 is 2.10 bits per heavy atom. The molecule has 20 heavy (non-hydrogen) atoms. The van der Waals surface area contributed by atoms with Gasteiger partial charge in [-0.1, -0.05) is 24.6 Å². The number of aliphatic hydroxyl groups is 1. The van der Waals surface area contributed by atoms with Crippen molar-refractivity contribution in [2.45, 2.75) is 13.3 Å². The van der Waals surface area contributed by atoms with Gasteiger partial charge in [-0.05, 0) is 18.2 Å². The van der Waals surface area contributed by atoms with Crippen LogP contribution in [0.15, 0.2) is 24.3 Å². The topological polar surface area (TPSA) is 98.7 Å². The first-order chi connectivity index (χ1) is 9.34. The molecule has 0 aromatic heterocycles. The molecule has 0 aliphatic heterocycles. The van der Waals surface area contributed by atoms with Crippen LogP contribution >= 0.6 is 11.6 Å². The molecule has 110 valence electrons. The zero-order valence-electron chi connectivity index (χ0n) is 11.0. The third kappa shape index (κ3) is 5.46. The van der Waals surface area contributed by atoms with E-state index in [0.717, 1.165) is 0 Å². The minimum Gasteiger partial charge on any atom is -0.481 e. The molecule has 0 heterocycles.